The van der Waals surface area contributed by atoms with Crippen LogP contribution in [0.25, 0.3) is 0 Å². The van der Waals surface area contributed by atoms with Crippen LogP contribution in [0.5, 0.6) is 0 Å². The molecule has 1 saturated heterocycles. The number of amides is 2. The van der Waals surface area contributed by atoms with E-state index in [1.54, 1.807) is 0 Å². The highest BCUT2D eigenvalue weighted by atomic mass is 19.4. The number of aromatic nitrogens is 2. The number of hydrogen-bond acceptors (Lipinski definition) is 2. The number of hydrogen-bond donors (Lipinski definition) is 1. The predicted octanol–water partition coefficient (Wildman–Crippen LogP) is 0.927. The fraction of sp³-hybridized carbons (Fsp3) is 0.556. The predicted molar refractivity (Wildman–Crippen MR) is 52.2 cm³/mol. The Morgan fingerprint density at radius 2 is 2.18 bits per heavy atom. The van der Waals surface area contributed by atoms with Crippen molar-refractivity contribution in [2.24, 2.45) is 0 Å². The van der Waals surface area contributed by atoms with Gasteiger partial charge in [0.15, 0.2) is 5.69 Å². The maximum atomic E-state index is 12.3. The van der Waals surface area contributed by atoms with Gasteiger partial charge in [-0.3, -0.25) is 4.68 Å². The van der Waals surface area contributed by atoms with Crippen molar-refractivity contribution in [3.05, 3.63) is 18.0 Å². The smallest absolute Gasteiger partial charge is 0.336 e. The van der Waals surface area contributed by atoms with Gasteiger partial charge in [-0.1, -0.05) is 0 Å². The zero-order chi connectivity index (χ0) is 12.5. The fourth-order valence-corrected chi connectivity index (χ4v) is 1.59. The van der Waals surface area contributed by atoms with Gasteiger partial charge in [-0.15, -0.1) is 0 Å². The first kappa shape index (κ1) is 11.7. The lowest BCUT2D eigenvalue weighted by Crippen LogP contribution is -2.31. The molecule has 17 heavy (non-hydrogen) atoms. The lowest BCUT2D eigenvalue weighted by atomic mass is 10.4. The third kappa shape index (κ3) is 2.69. The molecule has 94 valence electrons. The van der Waals surface area contributed by atoms with Gasteiger partial charge in [0, 0.05) is 25.8 Å². The maximum absolute atomic E-state index is 12.3. The average Bonchev–Trinajstić information content (AvgIpc) is 2.82. The topological polar surface area (TPSA) is 50.2 Å². The summed E-state index contributed by atoms with van der Waals surface area (Å²) in [5.41, 5.74) is -0.914. The third-order valence-electron chi connectivity index (χ3n) is 2.48. The molecule has 0 atom stereocenters. The molecular formula is C9H11F3N4O. The number of nitrogens with zero attached hydrogens (tertiary/aromatic N) is 3. The van der Waals surface area contributed by atoms with Crippen molar-refractivity contribution in [1.29, 1.82) is 0 Å². The van der Waals surface area contributed by atoms with Crippen molar-refractivity contribution in [1.82, 2.24) is 20.0 Å². The van der Waals surface area contributed by atoms with Gasteiger partial charge in [0.05, 0.1) is 6.54 Å². The van der Waals surface area contributed by atoms with Crippen LogP contribution in [0.3, 0.4) is 0 Å². The Morgan fingerprint density at radius 3 is 2.71 bits per heavy atom. The van der Waals surface area contributed by atoms with Gasteiger partial charge in [-0.2, -0.15) is 18.3 Å². The summed E-state index contributed by atoms with van der Waals surface area (Å²) in [6.45, 7) is 1.76. The molecule has 1 N–H and O–H groups in total. The SMILES string of the molecule is O=C1NCCN1CCn1ccc(C(F)(F)F)n1. The van der Waals surface area contributed by atoms with E-state index in [2.05, 4.69) is 10.4 Å². The molecule has 0 aliphatic carbocycles. The first-order valence-electron chi connectivity index (χ1n) is 5.10. The van der Waals surface area contributed by atoms with Crippen molar-refractivity contribution in [2.75, 3.05) is 19.6 Å². The quantitative estimate of drug-likeness (QED) is 0.865. The molecule has 5 nitrogen and oxygen atoms in total. The molecule has 8 heteroatoms. The summed E-state index contributed by atoms with van der Waals surface area (Å²) in [5.74, 6) is 0. The van der Waals surface area contributed by atoms with Crippen LogP contribution in [0.15, 0.2) is 12.3 Å². The summed E-state index contributed by atoms with van der Waals surface area (Å²) in [7, 11) is 0. The summed E-state index contributed by atoms with van der Waals surface area (Å²) in [6.07, 6.45) is -3.16. The molecule has 0 bridgehead atoms. The molecule has 2 heterocycles. The molecule has 0 radical (unpaired) electrons. The first-order chi connectivity index (χ1) is 7.97. The van der Waals surface area contributed by atoms with Crippen molar-refractivity contribution in [3.8, 4) is 0 Å². The van der Waals surface area contributed by atoms with Gasteiger partial charge in [-0.05, 0) is 6.07 Å². The van der Waals surface area contributed by atoms with Gasteiger partial charge in [0.2, 0.25) is 0 Å². The Labute approximate surface area is 95.2 Å². The second-order valence-corrected chi connectivity index (χ2v) is 3.68. The third-order valence-corrected chi connectivity index (χ3v) is 2.48. The number of carbonyl (C=O) groups excluding carboxylic acids is 1. The average molecular weight is 248 g/mol. The zero-order valence-electron chi connectivity index (χ0n) is 8.87. The molecule has 0 saturated carbocycles. The fourth-order valence-electron chi connectivity index (χ4n) is 1.59. The number of halogens is 3. The van der Waals surface area contributed by atoms with Gasteiger partial charge < -0.3 is 10.2 Å². The van der Waals surface area contributed by atoms with E-state index in [0.717, 1.165) is 6.07 Å². The van der Waals surface area contributed by atoms with Crippen molar-refractivity contribution in [2.45, 2.75) is 12.7 Å². The highest BCUT2D eigenvalue weighted by Crippen LogP contribution is 2.27. The molecule has 0 unspecified atom stereocenters. The Bertz CT molecular complexity index is 415. The van der Waals surface area contributed by atoms with Crippen LogP contribution in [0.1, 0.15) is 5.69 Å². The van der Waals surface area contributed by atoms with E-state index >= 15 is 0 Å². The number of alkyl halides is 3. The standard InChI is InChI=1S/C9H11F3N4O/c10-9(11,12)7-1-3-16(14-7)6-5-15-4-2-13-8(15)17/h1,3H,2,4-6H2,(H,13,17). The minimum absolute atomic E-state index is 0.187. The normalized spacial score (nSPS) is 16.4. The van der Waals surface area contributed by atoms with Crippen LogP contribution < -0.4 is 5.32 Å². The number of rotatable bonds is 3. The lowest BCUT2D eigenvalue weighted by Gasteiger charge is -2.13. The van der Waals surface area contributed by atoms with E-state index in [-0.39, 0.29) is 12.6 Å². The van der Waals surface area contributed by atoms with E-state index in [9.17, 15) is 18.0 Å². The highest BCUT2D eigenvalue weighted by molar-refractivity contribution is 5.76. The molecule has 1 aromatic heterocycles. The molecular weight excluding hydrogens is 237 g/mol. The molecule has 2 rings (SSSR count). The monoisotopic (exact) mass is 248 g/mol. The lowest BCUT2D eigenvalue weighted by molar-refractivity contribution is -0.141. The van der Waals surface area contributed by atoms with Crippen LogP contribution in [0.4, 0.5) is 18.0 Å². The van der Waals surface area contributed by atoms with Gasteiger partial charge in [-0.25, -0.2) is 4.79 Å². The minimum Gasteiger partial charge on any atom is -0.336 e. The number of carbonyl (C=O) groups is 1. The second-order valence-electron chi connectivity index (χ2n) is 3.68. The Hall–Kier alpha value is -1.73. The van der Waals surface area contributed by atoms with Crippen LogP contribution in [0, 0.1) is 0 Å². The maximum Gasteiger partial charge on any atom is 0.435 e. The van der Waals surface area contributed by atoms with Crippen molar-refractivity contribution < 1.29 is 18.0 Å². The summed E-state index contributed by atoms with van der Waals surface area (Å²) in [4.78, 5) is 12.7. The van der Waals surface area contributed by atoms with Crippen LogP contribution in [0.2, 0.25) is 0 Å². The molecule has 2 amide bonds. The molecule has 0 spiro atoms. The molecule has 0 aromatic carbocycles. The van der Waals surface area contributed by atoms with Crippen molar-refractivity contribution in [3.63, 3.8) is 0 Å². The van der Waals surface area contributed by atoms with Crippen LogP contribution >= 0.6 is 0 Å². The number of nitrogens with one attached hydrogen (secondary N) is 1. The zero-order valence-corrected chi connectivity index (χ0v) is 8.87. The van der Waals surface area contributed by atoms with E-state index in [1.165, 1.54) is 15.8 Å². The van der Waals surface area contributed by atoms with E-state index < -0.39 is 11.9 Å². The van der Waals surface area contributed by atoms with Crippen LogP contribution in [-0.4, -0.2) is 40.3 Å². The summed E-state index contributed by atoms with van der Waals surface area (Å²) in [6, 6.07) is 0.734. The first-order valence-corrected chi connectivity index (χ1v) is 5.10. The highest BCUT2D eigenvalue weighted by Gasteiger charge is 2.33. The van der Waals surface area contributed by atoms with Crippen LogP contribution in [-0.2, 0) is 12.7 Å². The second kappa shape index (κ2) is 4.27. The molecule has 1 aliphatic heterocycles. The summed E-state index contributed by atoms with van der Waals surface area (Å²) < 4.78 is 38.0. The minimum atomic E-state index is -4.42. The Kier molecular flexibility index (Phi) is 2.95. The molecule has 1 aliphatic rings. The largest absolute Gasteiger partial charge is 0.435 e. The van der Waals surface area contributed by atoms with Gasteiger partial charge in [0.1, 0.15) is 0 Å². The molecule has 1 fully saturated rings. The Morgan fingerprint density at radius 1 is 1.41 bits per heavy atom. The van der Waals surface area contributed by atoms with E-state index in [1.807, 2.05) is 0 Å². The van der Waals surface area contributed by atoms with Gasteiger partial charge in [0.25, 0.3) is 0 Å². The van der Waals surface area contributed by atoms with E-state index in [0.29, 0.717) is 19.6 Å². The molecule has 1 aromatic rings. The van der Waals surface area contributed by atoms with Gasteiger partial charge >= 0.3 is 12.2 Å². The van der Waals surface area contributed by atoms with Crippen molar-refractivity contribution >= 4 is 6.03 Å². The Balaban J connectivity index is 1.91. The summed E-state index contributed by atoms with van der Waals surface area (Å²) in [5, 5.41) is 6.01. The van der Waals surface area contributed by atoms with E-state index in [4.69, 9.17) is 0 Å². The number of urea groups is 1. The summed E-state index contributed by atoms with van der Waals surface area (Å²) >= 11 is 0.